The van der Waals surface area contributed by atoms with Gasteiger partial charge in [-0.15, -0.1) is 24.0 Å². The molecule has 0 spiro atoms. The monoisotopic (exact) mass is 482 g/mol. The van der Waals surface area contributed by atoms with Crippen LogP contribution in [0, 0.1) is 0 Å². The van der Waals surface area contributed by atoms with Crippen LogP contribution in [0.25, 0.3) is 0 Å². The molecule has 0 aliphatic carbocycles. The van der Waals surface area contributed by atoms with Crippen LogP contribution >= 0.6 is 24.0 Å². The van der Waals surface area contributed by atoms with Crippen LogP contribution in [0.15, 0.2) is 47.5 Å². The van der Waals surface area contributed by atoms with Crippen LogP contribution < -0.4 is 25.4 Å². The highest BCUT2D eigenvalue weighted by molar-refractivity contribution is 14.0. The summed E-state index contributed by atoms with van der Waals surface area (Å²) in [7, 11) is 3.21. The average molecular weight is 482 g/mol. The molecule has 0 amide bonds. The summed E-state index contributed by atoms with van der Waals surface area (Å²) >= 11 is 0. The van der Waals surface area contributed by atoms with E-state index < -0.39 is 0 Å². The van der Waals surface area contributed by atoms with E-state index in [1.165, 1.54) is 11.3 Å². The number of fused-ring (bicyclic) bond motifs is 1. The zero-order valence-corrected chi connectivity index (χ0v) is 18.3. The number of hydrogen-bond acceptors (Lipinski definition) is 4. The van der Waals surface area contributed by atoms with Gasteiger partial charge in [-0.05, 0) is 37.1 Å². The van der Waals surface area contributed by atoms with Crippen molar-refractivity contribution in [2.45, 2.75) is 19.4 Å². The maximum absolute atomic E-state index is 6.03. The molecular formula is C20H27IN4O2. The van der Waals surface area contributed by atoms with Crippen molar-refractivity contribution in [3.05, 3.63) is 48.0 Å². The van der Waals surface area contributed by atoms with E-state index in [1.54, 1.807) is 14.2 Å². The maximum Gasteiger partial charge on any atom is 0.193 e. The molecule has 1 aliphatic heterocycles. The molecule has 1 atom stereocenters. The number of nitrogens with one attached hydrogen (secondary N) is 1. The molecule has 2 aromatic rings. The highest BCUT2D eigenvalue weighted by Gasteiger charge is 2.24. The molecule has 3 N–H and O–H groups in total. The summed E-state index contributed by atoms with van der Waals surface area (Å²) in [6, 6.07) is 14.6. The van der Waals surface area contributed by atoms with E-state index in [-0.39, 0.29) is 24.0 Å². The van der Waals surface area contributed by atoms with Gasteiger partial charge in [0, 0.05) is 30.0 Å². The first-order chi connectivity index (χ1) is 12.6. The van der Waals surface area contributed by atoms with E-state index in [1.807, 2.05) is 18.2 Å². The first kappa shape index (κ1) is 21.1. The lowest BCUT2D eigenvalue weighted by Crippen LogP contribution is -2.32. The highest BCUT2D eigenvalue weighted by Crippen LogP contribution is 2.31. The molecule has 1 aliphatic rings. The molecular weight excluding hydrogens is 455 g/mol. The number of nitrogens with two attached hydrogens (primary N) is 1. The second-order valence-electron chi connectivity index (χ2n) is 6.34. The molecule has 27 heavy (non-hydrogen) atoms. The van der Waals surface area contributed by atoms with E-state index in [0.29, 0.717) is 30.0 Å². The number of guanidine groups is 1. The largest absolute Gasteiger partial charge is 0.493 e. The van der Waals surface area contributed by atoms with Gasteiger partial charge in [0.1, 0.15) is 0 Å². The average Bonchev–Trinajstić information content (AvgIpc) is 2.97. The van der Waals surface area contributed by atoms with Crippen molar-refractivity contribution in [3.63, 3.8) is 0 Å². The minimum Gasteiger partial charge on any atom is -0.493 e. The van der Waals surface area contributed by atoms with Crippen LogP contribution in [0.2, 0.25) is 0 Å². The van der Waals surface area contributed by atoms with Gasteiger partial charge in [-0.2, -0.15) is 0 Å². The first-order valence-corrected chi connectivity index (χ1v) is 8.76. The smallest absolute Gasteiger partial charge is 0.193 e. The van der Waals surface area contributed by atoms with Gasteiger partial charge in [0.05, 0.1) is 20.8 Å². The van der Waals surface area contributed by atoms with Gasteiger partial charge in [0.15, 0.2) is 17.5 Å². The third kappa shape index (κ3) is 4.97. The molecule has 7 heteroatoms. The zero-order chi connectivity index (χ0) is 18.5. The number of anilines is 2. The molecule has 2 aromatic carbocycles. The molecule has 6 nitrogen and oxygen atoms in total. The molecule has 0 bridgehead atoms. The third-order valence-corrected chi connectivity index (χ3v) is 4.63. The van der Waals surface area contributed by atoms with Crippen LogP contribution in [0.4, 0.5) is 11.4 Å². The van der Waals surface area contributed by atoms with Crippen LogP contribution in [-0.4, -0.2) is 39.3 Å². The SMILES string of the molecule is COc1ccc(NC(N)=NCCN2c3ccccc3CC2C)cc1OC.I. The van der Waals surface area contributed by atoms with E-state index in [9.17, 15) is 0 Å². The van der Waals surface area contributed by atoms with Crippen molar-refractivity contribution in [3.8, 4) is 11.5 Å². The Balaban J connectivity index is 0.00000261. The second kappa shape index (κ2) is 9.68. The van der Waals surface area contributed by atoms with Crippen LogP contribution in [-0.2, 0) is 6.42 Å². The van der Waals surface area contributed by atoms with Crippen molar-refractivity contribution in [1.82, 2.24) is 0 Å². The second-order valence-corrected chi connectivity index (χ2v) is 6.34. The number of aliphatic imine (C=N–C) groups is 1. The standard InChI is InChI=1S/C20H26N4O2.HI/c1-14-12-15-6-4-5-7-17(15)24(14)11-10-22-20(21)23-16-8-9-18(25-2)19(13-16)26-3;/h4-9,13-14H,10-12H2,1-3H3,(H3,21,22,23);1H. The molecule has 0 aromatic heterocycles. The van der Waals surface area contributed by atoms with Gasteiger partial charge < -0.3 is 25.4 Å². The molecule has 0 fully saturated rings. The summed E-state index contributed by atoms with van der Waals surface area (Å²) < 4.78 is 10.5. The first-order valence-electron chi connectivity index (χ1n) is 8.76. The number of hydrogen-bond donors (Lipinski definition) is 2. The fourth-order valence-electron chi connectivity index (χ4n) is 3.35. The summed E-state index contributed by atoms with van der Waals surface area (Å²) in [4.78, 5) is 6.85. The Kier molecular flexibility index (Phi) is 7.58. The Morgan fingerprint density at radius 1 is 1.19 bits per heavy atom. The van der Waals surface area contributed by atoms with Crippen LogP contribution in [0.5, 0.6) is 11.5 Å². The predicted molar refractivity (Wildman–Crippen MR) is 122 cm³/mol. The van der Waals surface area contributed by atoms with E-state index >= 15 is 0 Å². The number of benzene rings is 2. The topological polar surface area (TPSA) is 72.1 Å². The summed E-state index contributed by atoms with van der Waals surface area (Å²) in [5.74, 6) is 1.71. The van der Waals surface area contributed by atoms with Crippen molar-refractivity contribution < 1.29 is 9.47 Å². The van der Waals surface area contributed by atoms with Gasteiger partial charge >= 0.3 is 0 Å². The van der Waals surface area contributed by atoms with Crippen molar-refractivity contribution in [1.29, 1.82) is 0 Å². The number of ether oxygens (including phenoxy) is 2. The lowest BCUT2D eigenvalue weighted by molar-refractivity contribution is 0.355. The fourth-order valence-corrected chi connectivity index (χ4v) is 3.35. The van der Waals surface area contributed by atoms with Crippen molar-refractivity contribution in [2.75, 3.05) is 37.5 Å². The Hall–Kier alpha value is -2.16. The van der Waals surface area contributed by atoms with Gasteiger partial charge in [-0.3, -0.25) is 4.99 Å². The van der Waals surface area contributed by atoms with E-state index in [2.05, 4.69) is 46.4 Å². The summed E-state index contributed by atoms with van der Waals surface area (Å²) in [5.41, 5.74) is 9.55. The van der Waals surface area contributed by atoms with Crippen molar-refractivity contribution >= 4 is 41.3 Å². The minimum atomic E-state index is 0. The Bertz CT molecular complexity index is 797. The van der Waals surface area contributed by atoms with Crippen LogP contribution in [0.3, 0.4) is 0 Å². The summed E-state index contributed by atoms with van der Waals surface area (Å²) in [6.07, 6.45) is 1.08. The van der Waals surface area contributed by atoms with Crippen LogP contribution in [0.1, 0.15) is 12.5 Å². The van der Waals surface area contributed by atoms with Crippen molar-refractivity contribution in [2.24, 2.45) is 10.7 Å². The number of rotatable bonds is 6. The molecule has 0 saturated heterocycles. The number of halogens is 1. The molecule has 3 rings (SSSR count). The maximum atomic E-state index is 6.03. The molecule has 146 valence electrons. The third-order valence-electron chi connectivity index (χ3n) is 4.63. The molecule has 0 radical (unpaired) electrons. The van der Waals surface area contributed by atoms with Gasteiger partial charge in [0.2, 0.25) is 0 Å². The lowest BCUT2D eigenvalue weighted by atomic mass is 10.1. The Morgan fingerprint density at radius 2 is 1.93 bits per heavy atom. The number of nitrogens with zero attached hydrogens (tertiary/aromatic N) is 2. The van der Waals surface area contributed by atoms with Gasteiger partial charge in [-0.25, -0.2) is 0 Å². The molecule has 0 saturated carbocycles. The fraction of sp³-hybridized carbons (Fsp3) is 0.350. The zero-order valence-electron chi connectivity index (χ0n) is 15.9. The normalized spacial score (nSPS) is 15.7. The quantitative estimate of drug-likeness (QED) is 0.375. The number of methoxy groups -OCH3 is 2. The lowest BCUT2D eigenvalue weighted by Gasteiger charge is -2.24. The van der Waals surface area contributed by atoms with Gasteiger partial charge in [-0.1, -0.05) is 18.2 Å². The highest BCUT2D eigenvalue weighted by atomic mass is 127. The Morgan fingerprint density at radius 3 is 2.67 bits per heavy atom. The molecule has 1 heterocycles. The molecule has 1 unspecified atom stereocenters. The van der Waals surface area contributed by atoms with E-state index in [4.69, 9.17) is 15.2 Å². The van der Waals surface area contributed by atoms with E-state index in [0.717, 1.165) is 18.7 Å². The predicted octanol–water partition coefficient (Wildman–Crippen LogP) is 3.50. The Labute approximate surface area is 177 Å². The van der Waals surface area contributed by atoms with Gasteiger partial charge in [0.25, 0.3) is 0 Å². The summed E-state index contributed by atoms with van der Waals surface area (Å²) in [5, 5.41) is 3.10. The number of para-hydroxylation sites is 1. The summed E-state index contributed by atoms with van der Waals surface area (Å²) in [6.45, 7) is 3.71. The minimum absolute atomic E-state index is 0.